The van der Waals surface area contributed by atoms with Gasteiger partial charge < -0.3 is 25.2 Å². The van der Waals surface area contributed by atoms with Crippen molar-refractivity contribution in [1.82, 2.24) is 10.6 Å². The van der Waals surface area contributed by atoms with Crippen LogP contribution in [0, 0.1) is 18.8 Å². The number of Topliss-reactive ketones (excluding diaryl/α,β-unsaturated/α-hetero) is 2. The number of aliphatic hydroxyl groups excluding tert-OH is 1. The van der Waals surface area contributed by atoms with Crippen molar-refractivity contribution in [1.29, 1.82) is 0 Å². The lowest BCUT2D eigenvalue weighted by Gasteiger charge is -2.26. The van der Waals surface area contributed by atoms with Gasteiger partial charge in [-0.3, -0.25) is 19.2 Å². The van der Waals surface area contributed by atoms with Gasteiger partial charge >= 0.3 is 0 Å². The third kappa shape index (κ3) is 8.97. The minimum atomic E-state index is -0.933. The summed E-state index contributed by atoms with van der Waals surface area (Å²) in [7, 11) is 1.57. The van der Waals surface area contributed by atoms with Crippen LogP contribution in [0.25, 0.3) is 0 Å². The smallest absolute Gasteiger partial charge is 0.224 e. The topological polar surface area (TPSA) is 134 Å². The molecule has 2 aliphatic rings. The number of benzene rings is 2. The molecule has 1 aliphatic carbocycles. The average molecular weight is 593 g/mol. The van der Waals surface area contributed by atoms with Crippen molar-refractivity contribution >= 4 is 23.4 Å². The first-order valence-corrected chi connectivity index (χ1v) is 15.2. The van der Waals surface area contributed by atoms with Crippen molar-refractivity contribution in [3.63, 3.8) is 0 Å². The maximum Gasteiger partial charge on any atom is 0.224 e. The number of ether oxygens (including phenoxy) is 2. The van der Waals surface area contributed by atoms with Crippen molar-refractivity contribution in [3.05, 3.63) is 65.2 Å². The number of amides is 2. The van der Waals surface area contributed by atoms with E-state index in [4.69, 9.17) is 9.47 Å². The fourth-order valence-corrected chi connectivity index (χ4v) is 5.55. The molecular formula is C34H44N2O7. The van der Waals surface area contributed by atoms with Gasteiger partial charge in [-0.2, -0.15) is 0 Å². The van der Waals surface area contributed by atoms with E-state index in [0.29, 0.717) is 44.5 Å². The number of ketones is 2. The molecular weight excluding hydrogens is 548 g/mol. The molecule has 0 aromatic heterocycles. The summed E-state index contributed by atoms with van der Waals surface area (Å²) in [5, 5.41) is 15.5. The second kappa shape index (κ2) is 14.3. The van der Waals surface area contributed by atoms with Crippen molar-refractivity contribution < 1.29 is 33.8 Å². The van der Waals surface area contributed by atoms with Crippen LogP contribution in [0.3, 0.4) is 0 Å². The first kappa shape index (κ1) is 32.4. The van der Waals surface area contributed by atoms with Gasteiger partial charge in [-0.25, -0.2) is 0 Å². The number of aliphatic hydroxyl groups is 1. The van der Waals surface area contributed by atoms with Crippen LogP contribution in [-0.2, 0) is 36.8 Å². The Morgan fingerprint density at radius 1 is 0.953 bits per heavy atom. The highest BCUT2D eigenvalue weighted by molar-refractivity contribution is 5.98. The summed E-state index contributed by atoms with van der Waals surface area (Å²) in [6.07, 6.45) is 2.37. The number of carbonyl (C=O) groups excluding carboxylic acids is 4. The van der Waals surface area contributed by atoms with Gasteiger partial charge in [0.05, 0.1) is 31.9 Å². The predicted molar refractivity (Wildman–Crippen MR) is 162 cm³/mol. The molecule has 9 heteroatoms. The van der Waals surface area contributed by atoms with Crippen molar-refractivity contribution in [2.24, 2.45) is 11.8 Å². The Morgan fingerprint density at radius 2 is 1.53 bits per heavy atom. The van der Waals surface area contributed by atoms with E-state index in [-0.39, 0.29) is 42.3 Å². The second-order valence-electron chi connectivity index (χ2n) is 12.3. The molecule has 2 aromatic carbocycles. The molecule has 4 rings (SSSR count). The van der Waals surface area contributed by atoms with Gasteiger partial charge in [0, 0.05) is 18.3 Å². The molecule has 1 saturated heterocycles. The van der Waals surface area contributed by atoms with Crippen molar-refractivity contribution in [2.45, 2.75) is 89.5 Å². The first-order chi connectivity index (χ1) is 20.5. The summed E-state index contributed by atoms with van der Waals surface area (Å²) >= 11 is 0. The van der Waals surface area contributed by atoms with E-state index in [1.54, 1.807) is 33.1 Å². The van der Waals surface area contributed by atoms with Gasteiger partial charge in [-0.15, -0.1) is 0 Å². The third-order valence-electron chi connectivity index (χ3n) is 8.66. The molecule has 2 aromatic rings. The van der Waals surface area contributed by atoms with Crippen LogP contribution in [0.1, 0.15) is 62.6 Å². The standard InChI is InChI=1S/C34H44N2O7/c1-21-5-7-24(8-6-21)18-29(31(39)34(3)20-43-34)36-33(41)26(17-23-9-15-28(42-4)16-10-23)19-30(38)22(2)35-32(40)25-11-13-27(37)14-12-25/h5-10,15-16,22,25-27,29,37H,11-14,17-20H2,1-4H3,(H,35,40)(H,36,41). The van der Waals surface area contributed by atoms with Gasteiger partial charge in [0.2, 0.25) is 11.8 Å². The summed E-state index contributed by atoms with van der Waals surface area (Å²) in [5.74, 6) is -1.41. The Hall–Kier alpha value is -3.56. The molecule has 9 nitrogen and oxygen atoms in total. The van der Waals surface area contributed by atoms with Gasteiger partial charge in [-0.1, -0.05) is 42.0 Å². The molecule has 4 atom stereocenters. The maximum atomic E-state index is 13.8. The highest BCUT2D eigenvalue weighted by Gasteiger charge is 2.50. The minimum absolute atomic E-state index is 0.109. The Bertz CT molecular complexity index is 1280. The lowest BCUT2D eigenvalue weighted by Crippen LogP contribution is -2.50. The van der Waals surface area contributed by atoms with Crippen LogP contribution in [0.2, 0.25) is 0 Å². The number of carbonyl (C=O) groups is 4. The summed E-state index contributed by atoms with van der Waals surface area (Å²) in [6, 6.07) is 13.5. The second-order valence-corrected chi connectivity index (χ2v) is 12.3. The average Bonchev–Trinajstić information content (AvgIpc) is 3.75. The molecule has 43 heavy (non-hydrogen) atoms. The van der Waals surface area contributed by atoms with E-state index in [1.807, 2.05) is 43.3 Å². The number of rotatable bonds is 14. The number of hydrogen-bond acceptors (Lipinski definition) is 7. The molecule has 232 valence electrons. The fourth-order valence-electron chi connectivity index (χ4n) is 5.55. The van der Waals surface area contributed by atoms with E-state index >= 15 is 0 Å². The lowest BCUT2D eigenvalue weighted by molar-refractivity contribution is -0.135. The summed E-state index contributed by atoms with van der Waals surface area (Å²) in [5.41, 5.74) is 1.90. The van der Waals surface area contributed by atoms with Crippen LogP contribution < -0.4 is 15.4 Å². The van der Waals surface area contributed by atoms with Gasteiger partial charge in [-0.05, 0) is 82.6 Å². The van der Waals surface area contributed by atoms with Crippen LogP contribution in [0.5, 0.6) is 5.75 Å². The van der Waals surface area contributed by atoms with E-state index in [9.17, 15) is 24.3 Å². The van der Waals surface area contributed by atoms with Crippen molar-refractivity contribution in [2.75, 3.05) is 13.7 Å². The molecule has 4 unspecified atom stereocenters. The molecule has 1 saturated carbocycles. The third-order valence-corrected chi connectivity index (χ3v) is 8.66. The number of methoxy groups -OCH3 is 1. The molecule has 2 amide bonds. The van der Waals surface area contributed by atoms with Crippen LogP contribution in [0.4, 0.5) is 0 Å². The van der Waals surface area contributed by atoms with Gasteiger partial charge in [0.1, 0.15) is 11.4 Å². The highest BCUT2D eigenvalue weighted by Crippen LogP contribution is 2.30. The normalized spacial score (nSPS) is 23.4. The SMILES string of the molecule is COc1ccc(CC(CC(=O)C(C)NC(=O)C2CCC(O)CC2)C(=O)NC(Cc2ccc(C)cc2)C(=O)C2(C)CO2)cc1. The quantitative estimate of drug-likeness (QED) is 0.287. The number of nitrogens with one attached hydrogen (secondary N) is 2. The molecule has 0 spiro atoms. The van der Waals surface area contributed by atoms with Crippen LogP contribution in [-0.4, -0.2) is 66.0 Å². The van der Waals surface area contributed by atoms with Gasteiger partial charge in [0.25, 0.3) is 0 Å². The van der Waals surface area contributed by atoms with E-state index in [2.05, 4.69) is 10.6 Å². The summed E-state index contributed by atoms with van der Waals surface area (Å²) < 4.78 is 10.7. The fraction of sp³-hybridized carbons (Fsp3) is 0.529. The number of hydrogen-bond donors (Lipinski definition) is 3. The molecule has 3 N–H and O–H groups in total. The van der Waals surface area contributed by atoms with Crippen LogP contribution in [0.15, 0.2) is 48.5 Å². The van der Waals surface area contributed by atoms with Crippen LogP contribution >= 0.6 is 0 Å². The van der Waals surface area contributed by atoms with E-state index < -0.39 is 29.5 Å². The zero-order valence-electron chi connectivity index (χ0n) is 25.6. The van der Waals surface area contributed by atoms with E-state index in [0.717, 1.165) is 16.7 Å². The Morgan fingerprint density at radius 3 is 2.12 bits per heavy atom. The molecule has 1 heterocycles. The Kier molecular flexibility index (Phi) is 10.7. The number of aryl methyl sites for hydroxylation is 1. The van der Waals surface area contributed by atoms with Crippen molar-refractivity contribution in [3.8, 4) is 5.75 Å². The largest absolute Gasteiger partial charge is 0.497 e. The molecule has 0 radical (unpaired) electrons. The maximum absolute atomic E-state index is 13.8. The number of epoxide rings is 1. The molecule has 1 aliphatic heterocycles. The Balaban J connectivity index is 1.49. The minimum Gasteiger partial charge on any atom is -0.497 e. The van der Waals surface area contributed by atoms with E-state index in [1.165, 1.54) is 0 Å². The Labute approximate surface area is 253 Å². The predicted octanol–water partition coefficient (Wildman–Crippen LogP) is 3.26. The molecule has 2 fully saturated rings. The summed E-state index contributed by atoms with van der Waals surface area (Å²) in [6.45, 7) is 5.64. The first-order valence-electron chi connectivity index (χ1n) is 15.2. The highest BCUT2D eigenvalue weighted by atomic mass is 16.6. The zero-order valence-corrected chi connectivity index (χ0v) is 25.6. The monoisotopic (exact) mass is 592 g/mol. The summed E-state index contributed by atoms with van der Waals surface area (Å²) in [4.78, 5) is 53.5. The molecule has 0 bridgehead atoms. The lowest BCUT2D eigenvalue weighted by atomic mass is 9.86. The van der Waals surface area contributed by atoms with Gasteiger partial charge in [0.15, 0.2) is 11.6 Å². The zero-order chi connectivity index (χ0) is 31.1.